The first kappa shape index (κ1) is 13.6. The van der Waals surface area contributed by atoms with Crippen molar-refractivity contribution < 1.29 is 4.74 Å². The van der Waals surface area contributed by atoms with Gasteiger partial charge in [0, 0.05) is 30.4 Å². The molecule has 0 amide bonds. The van der Waals surface area contributed by atoms with Crippen molar-refractivity contribution in [1.29, 1.82) is 0 Å². The third kappa shape index (κ3) is 2.86. The molecule has 3 nitrogen and oxygen atoms in total. The molecule has 1 saturated heterocycles. The summed E-state index contributed by atoms with van der Waals surface area (Å²) in [5, 5.41) is 1.24. The highest BCUT2D eigenvalue weighted by Gasteiger charge is 2.14. The lowest BCUT2D eigenvalue weighted by Crippen LogP contribution is -2.09. The molecule has 1 aromatic heterocycles. The van der Waals surface area contributed by atoms with Gasteiger partial charge in [-0.2, -0.15) is 0 Å². The first-order valence-electron chi connectivity index (χ1n) is 7.24. The Kier molecular flexibility index (Phi) is 4.03. The number of rotatable bonds is 5. The fraction of sp³-hybridized carbons (Fsp3) is 0.438. The monoisotopic (exact) mass is 288 g/mol. The van der Waals surface area contributed by atoms with Crippen LogP contribution in [0.2, 0.25) is 0 Å². The normalized spacial score (nSPS) is 18.7. The van der Waals surface area contributed by atoms with Crippen LogP contribution in [0.5, 0.6) is 0 Å². The summed E-state index contributed by atoms with van der Waals surface area (Å²) in [4.78, 5) is 0.457. The molecular formula is C16H20N2OS. The minimum Gasteiger partial charge on any atom is -0.389 e. The summed E-state index contributed by atoms with van der Waals surface area (Å²) in [5.41, 5.74) is 7.86. The lowest BCUT2D eigenvalue weighted by molar-refractivity contribution is 0.101. The van der Waals surface area contributed by atoms with Gasteiger partial charge in [-0.1, -0.05) is 24.4 Å². The van der Waals surface area contributed by atoms with Crippen LogP contribution in [0.15, 0.2) is 30.5 Å². The van der Waals surface area contributed by atoms with E-state index < -0.39 is 0 Å². The molecule has 3 rings (SSSR count). The highest BCUT2D eigenvalue weighted by Crippen LogP contribution is 2.21. The maximum atomic E-state index is 5.71. The topological polar surface area (TPSA) is 40.2 Å². The second-order valence-electron chi connectivity index (χ2n) is 5.42. The van der Waals surface area contributed by atoms with E-state index in [4.69, 9.17) is 22.7 Å². The Morgan fingerprint density at radius 1 is 1.40 bits per heavy atom. The van der Waals surface area contributed by atoms with Gasteiger partial charge in [-0.25, -0.2) is 0 Å². The Labute approximate surface area is 124 Å². The van der Waals surface area contributed by atoms with Crippen molar-refractivity contribution in [2.75, 3.05) is 6.61 Å². The molecule has 0 aliphatic carbocycles. The zero-order valence-corrected chi connectivity index (χ0v) is 12.4. The number of nitrogens with zero attached hydrogens (tertiary/aromatic N) is 1. The number of aromatic nitrogens is 1. The van der Waals surface area contributed by atoms with Crippen molar-refractivity contribution in [2.45, 2.75) is 38.3 Å². The molecule has 1 aliphatic rings. The van der Waals surface area contributed by atoms with Crippen LogP contribution >= 0.6 is 12.2 Å². The molecule has 2 N–H and O–H groups in total. The maximum Gasteiger partial charge on any atom is 0.104 e. The van der Waals surface area contributed by atoms with Gasteiger partial charge in [-0.05, 0) is 43.2 Å². The number of nitrogens with two attached hydrogens (primary N) is 1. The number of hydrogen-bond donors (Lipinski definition) is 1. The fourth-order valence-corrected chi connectivity index (χ4v) is 3.02. The van der Waals surface area contributed by atoms with Crippen LogP contribution in [-0.4, -0.2) is 22.3 Å². The Morgan fingerprint density at radius 2 is 2.30 bits per heavy atom. The molecule has 1 atom stereocenters. The first-order chi connectivity index (χ1) is 9.74. The molecule has 106 valence electrons. The van der Waals surface area contributed by atoms with Crippen LogP contribution in [0.3, 0.4) is 0 Å². The van der Waals surface area contributed by atoms with Crippen molar-refractivity contribution in [3.05, 3.63) is 36.0 Å². The summed E-state index contributed by atoms with van der Waals surface area (Å²) >= 11 is 5.05. The molecule has 0 radical (unpaired) electrons. The average Bonchev–Trinajstić information content (AvgIpc) is 3.08. The van der Waals surface area contributed by atoms with E-state index in [1.807, 2.05) is 6.07 Å². The molecule has 0 spiro atoms. The van der Waals surface area contributed by atoms with Gasteiger partial charge in [0.15, 0.2) is 0 Å². The molecule has 1 fully saturated rings. The molecule has 0 saturated carbocycles. The van der Waals surface area contributed by atoms with Gasteiger partial charge in [0.2, 0.25) is 0 Å². The summed E-state index contributed by atoms with van der Waals surface area (Å²) in [6, 6.07) is 8.30. The Hall–Kier alpha value is -1.39. The average molecular weight is 288 g/mol. The molecule has 1 unspecified atom stereocenters. The number of aryl methyl sites for hydroxylation is 1. The van der Waals surface area contributed by atoms with Crippen molar-refractivity contribution in [2.24, 2.45) is 5.73 Å². The summed E-state index contributed by atoms with van der Waals surface area (Å²) in [6.45, 7) is 1.96. The molecule has 0 bridgehead atoms. The Balaban J connectivity index is 1.70. The van der Waals surface area contributed by atoms with Gasteiger partial charge >= 0.3 is 0 Å². The van der Waals surface area contributed by atoms with Gasteiger partial charge in [0.1, 0.15) is 4.99 Å². The van der Waals surface area contributed by atoms with E-state index in [0.717, 1.165) is 31.6 Å². The van der Waals surface area contributed by atoms with E-state index in [9.17, 15) is 0 Å². The van der Waals surface area contributed by atoms with E-state index in [1.165, 1.54) is 23.7 Å². The van der Waals surface area contributed by atoms with Crippen LogP contribution in [0.4, 0.5) is 0 Å². The zero-order chi connectivity index (χ0) is 13.9. The molecule has 1 aliphatic heterocycles. The smallest absolute Gasteiger partial charge is 0.104 e. The lowest BCUT2D eigenvalue weighted by atomic mass is 10.1. The van der Waals surface area contributed by atoms with Gasteiger partial charge in [0.05, 0.1) is 6.10 Å². The van der Waals surface area contributed by atoms with Crippen molar-refractivity contribution in [3.8, 4) is 0 Å². The summed E-state index contributed by atoms with van der Waals surface area (Å²) in [7, 11) is 0. The van der Waals surface area contributed by atoms with Crippen LogP contribution in [0.1, 0.15) is 31.2 Å². The third-order valence-electron chi connectivity index (χ3n) is 4.01. The van der Waals surface area contributed by atoms with Gasteiger partial charge in [0.25, 0.3) is 0 Å². The van der Waals surface area contributed by atoms with E-state index >= 15 is 0 Å². The van der Waals surface area contributed by atoms with E-state index in [2.05, 4.69) is 29.0 Å². The predicted molar refractivity (Wildman–Crippen MR) is 86.0 cm³/mol. The largest absolute Gasteiger partial charge is 0.389 e. The molecule has 4 heteroatoms. The Morgan fingerprint density at radius 3 is 3.05 bits per heavy atom. The predicted octanol–water partition coefficient (Wildman–Crippen LogP) is 3.23. The standard InChI is InChI=1S/C16H20N2OS/c17-16(20)13-6-5-12-7-9-18(15(12)11-13)8-1-3-14-4-2-10-19-14/h5-7,9,11,14H,1-4,8,10H2,(H2,17,20). The van der Waals surface area contributed by atoms with E-state index in [-0.39, 0.29) is 0 Å². The maximum absolute atomic E-state index is 5.71. The highest BCUT2D eigenvalue weighted by atomic mass is 32.1. The van der Waals surface area contributed by atoms with Crippen molar-refractivity contribution in [3.63, 3.8) is 0 Å². The number of ether oxygens (including phenoxy) is 1. The van der Waals surface area contributed by atoms with Crippen LogP contribution in [0, 0.1) is 0 Å². The summed E-state index contributed by atoms with van der Waals surface area (Å²) in [6.07, 6.45) is 7.35. The molecule has 2 aromatic rings. The zero-order valence-electron chi connectivity index (χ0n) is 11.5. The fourth-order valence-electron chi connectivity index (χ4n) is 2.89. The summed E-state index contributed by atoms with van der Waals surface area (Å²) in [5.74, 6) is 0. The molecule has 1 aromatic carbocycles. The third-order valence-corrected chi connectivity index (χ3v) is 4.24. The second-order valence-corrected chi connectivity index (χ2v) is 5.86. The number of benzene rings is 1. The minimum atomic E-state index is 0.457. The lowest BCUT2D eigenvalue weighted by Gasteiger charge is -2.10. The molecule has 20 heavy (non-hydrogen) atoms. The van der Waals surface area contributed by atoms with Crippen LogP contribution < -0.4 is 5.73 Å². The highest BCUT2D eigenvalue weighted by molar-refractivity contribution is 7.80. The van der Waals surface area contributed by atoms with E-state index in [0.29, 0.717) is 11.1 Å². The number of fused-ring (bicyclic) bond motifs is 1. The number of hydrogen-bond acceptors (Lipinski definition) is 2. The Bertz CT molecular complexity index is 614. The van der Waals surface area contributed by atoms with Crippen LogP contribution in [-0.2, 0) is 11.3 Å². The first-order valence-corrected chi connectivity index (χ1v) is 7.65. The quantitative estimate of drug-likeness (QED) is 0.859. The van der Waals surface area contributed by atoms with Gasteiger partial charge in [-0.3, -0.25) is 0 Å². The van der Waals surface area contributed by atoms with Crippen molar-refractivity contribution in [1.82, 2.24) is 4.57 Å². The number of thiocarbonyl (C=S) groups is 1. The second kappa shape index (κ2) is 5.94. The SMILES string of the molecule is NC(=S)c1ccc2ccn(CCCC3CCCO3)c2c1. The van der Waals surface area contributed by atoms with Crippen molar-refractivity contribution >= 4 is 28.1 Å². The minimum absolute atomic E-state index is 0.457. The molecule has 2 heterocycles. The van der Waals surface area contributed by atoms with E-state index in [1.54, 1.807) is 0 Å². The molecular weight excluding hydrogens is 268 g/mol. The summed E-state index contributed by atoms with van der Waals surface area (Å²) < 4.78 is 7.95. The van der Waals surface area contributed by atoms with Gasteiger partial charge in [-0.15, -0.1) is 0 Å². The van der Waals surface area contributed by atoms with Crippen LogP contribution in [0.25, 0.3) is 10.9 Å². The van der Waals surface area contributed by atoms with Gasteiger partial charge < -0.3 is 15.0 Å².